The molecule has 0 bridgehead atoms. The third kappa shape index (κ3) is 2.29. The number of Topliss-reactive ketones (excluding diaryl/α,β-unsaturated/α-hetero) is 1. The minimum atomic E-state index is -0.153. The van der Waals surface area contributed by atoms with Gasteiger partial charge in [-0.1, -0.05) is 37.8 Å². The number of hydrogen-bond donors (Lipinski definition) is 0. The van der Waals surface area contributed by atoms with Crippen LogP contribution in [-0.2, 0) is 4.79 Å². The maximum Gasteiger partial charge on any atom is 0.146 e. The van der Waals surface area contributed by atoms with Gasteiger partial charge in [-0.25, -0.2) is 0 Å². The molecule has 0 aromatic heterocycles. The number of benzene rings is 1. The van der Waals surface area contributed by atoms with Crippen molar-refractivity contribution in [3.63, 3.8) is 0 Å². The minimum absolute atomic E-state index is 0.111. The van der Waals surface area contributed by atoms with E-state index in [-0.39, 0.29) is 11.5 Å². The van der Waals surface area contributed by atoms with E-state index < -0.39 is 0 Å². The summed E-state index contributed by atoms with van der Waals surface area (Å²) < 4.78 is 6.13. The Morgan fingerprint density at radius 2 is 1.89 bits per heavy atom. The minimum Gasteiger partial charge on any atom is -0.489 e. The molecule has 2 saturated carbocycles. The second kappa shape index (κ2) is 4.99. The third-order valence-corrected chi connectivity index (χ3v) is 4.81. The van der Waals surface area contributed by atoms with Crippen LogP contribution in [0.25, 0.3) is 0 Å². The zero-order chi connectivity index (χ0) is 13.3. The van der Waals surface area contributed by atoms with Crippen molar-refractivity contribution >= 4 is 5.78 Å². The lowest BCUT2D eigenvalue weighted by Gasteiger charge is -2.47. The van der Waals surface area contributed by atoms with E-state index in [0.717, 1.165) is 18.6 Å². The van der Waals surface area contributed by atoms with Crippen molar-refractivity contribution in [2.75, 3.05) is 0 Å². The molecule has 1 aromatic rings. The fraction of sp³-hybridized carbons (Fsp3) is 0.588. The number of ketones is 1. The molecule has 1 spiro atoms. The summed E-state index contributed by atoms with van der Waals surface area (Å²) in [6.07, 6.45) is 7.68. The lowest BCUT2D eigenvalue weighted by molar-refractivity contribution is -0.154. The number of carbonyl (C=O) groups is 1. The lowest BCUT2D eigenvalue weighted by Crippen LogP contribution is -2.56. The van der Waals surface area contributed by atoms with E-state index in [1.54, 1.807) is 0 Å². The smallest absolute Gasteiger partial charge is 0.146 e. The fourth-order valence-electron chi connectivity index (χ4n) is 3.58. The summed E-state index contributed by atoms with van der Waals surface area (Å²) in [5.41, 5.74) is 1.05. The molecule has 2 fully saturated rings. The molecule has 2 heteroatoms. The molecule has 0 amide bonds. The maximum absolute atomic E-state index is 12.1. The topological polar surface area (TPSA) is 26.3 Å². The summed E-state index contributed by atoms with van der Waals surface area (Å²) in [5.74, 6) is 1.35. The first-order valence-electron chi connectivity index (χ1n) is 7.47. The van der Waals surface area contributed by atoms with Gasteiger partial charge in [0, 0.05) is 6.42 Å². The summed E-state index contributed by atoms with van der Waals surface area (Å²) in [7, 11) is 0. The second-order valence-corrected chi connectivity index (χ2v) is 6.12. The number of carbonyl (C=O) groups excluding carboxylic acids is 1. The summed E-state index contributed by atoms with van der Waals surface area (Å²) in [6.45, 7) is 2.07. The molecule has 19 heavy (non-hydrogen) atoms. The fourth-order valence-corrected chi connectivity index (χ4v) is 3.58. The molecule has 0 aliphatic heterocycles. The number of aryl methyl sites for hydroxylation is 1. The Bertz CT molecular complexity index is 470. The molecule has 0 N–H and O–H groups in total. The maximum atomic E-state index is 12.1. The van der Waals surface area contributed by atoms with Crippen LogP contribution in [0.3, 0.4) is 0 Å². The van der Waals surface area contributed by atoms with Gasteiger partial charge in [-0.2, -0.15) is 0 Å². The van der Waals surface area contributed by atoms with E-state index in [1.165, 1.54) is 31.2 Å². The van der Waals surface area contributed by atoms with E-state index >= 15 is 0 Å². The molecular formula is C17H22O2. The normalized spacial score (nSPS) is 25.7. The number of ether oxygens (including phenoxy) is 1. The van der Waals surface area contributed by atoms with Crippen LogP contribution in [0.15, 0.2) is 24.3 Å². The summed E-state index contributed by atoms with van der Waals surface area (Å²) in [6, 6.07) is 8.15. The van der Waals surface area contributed by atoms with Crippen LogP contribution in [0.5, 0.6) is 5.75 Å². The molecule has 2 nitrogen and oxygen atoms in total. The van der Waals surface area contributed by atoms with Gasteiger partial charge in [0.15, 0.2) is 0 Å². The van der Waals surface area contributed by atoms with Crippen molar-refractivity contribution in [3.05, 3.63) is 29.8 Å². The van der Waals surface area contributed by atoms with Crippen LogP contribution in [0, 0.1) is 12.3 Å². The Labute approximate surface area is 115 Å². The molecular weight excluding hydrogens is 236 g/mol. The molecule has 1 unspecified atom stereocenters. The van der Waals surface area contributed by atoms with Gasteiger partial charge in [0.1, 0.15) is 17.6 Å². The van der Waals surface area contributed by atoms with Crippen LogP contribution < -0.4 is 4.74 Å². The molecule has 2 aliphatic rings. The van der Waals surface area contributed by atoms with E-state index in [2.05, 4.69) is 19.1 Å². The SMILES string of the molecule is Cc1cccc(OC2CC(=O)C23CCCCCC3)c1. The third-order valence-electron chi connectivity index (χ3n) is 4.81. The Hall–Kier alpha value is -1.31. The molecule has 3 rings (SSSR count). The van der Waals surface area contributed by atoms with Crippen LogP contribution in [0.2, 0.25) is 0 Å². The molecule has 0 saturated heterocycles. The van der Waals surface area contributed by atoms with Gasteiger partial charge in [0.25, 0.3) is 0 Å². The van der Waals surface area contributed by atoms with Crippen LogP contribution >= 0.6 is 0 Å². The quantitative estimate of drug-likeness (QED) is 0.799. The Kier molecular flexibility index (Phi) is 3.34. The van der Waals surface area contributed by atoms with Crippen molar-refractivity contribution in [1.82, 2.24) is 0 Å². The van der Waals surface area contributed by atoms with Crippen molar-refractivity contribution in [2.24, 2.45) is 5.41 Å². The van der Waals surface area contributed by atoms with Crippen molar-refractivity contribution < 1.29 is 9.53 Å². The first kappa shape index (κ1) is 12.7. The van der Waals surface area contributed by atoms with E-state index in [1.807, 2.05) is 12.1 Å². The van der Waals surface area contributed by atoms with E-state index in [4.69, 9.17) is 4.74 Å². The highest BCUT2D eigenvalue weighted by molar-refractivity contribution is 5.92. The van der Waals surface area contributed by atoms with Gasteiger partial charge in [-0.3, -0.25) is 4.79 Å². The van der Waals surface area contributed by atoms with Crippen molar-refractivity contribution in [3.8, 4) is 5.75 Å². The van der Waals surface area contributed by atoms with Gasteiger partial charge in [0.2, 0.25) is 0 Å². The highest BCUT2D eigenvalue weighted by atomic mass is 16.5. The van der Waals surface area contributed by atoms with Gasteiger partial charge in [-0.05, 0) is 37.5 Å². The largest absolute Gasteiger partial charge is 0.489 e. The lowest BCUT2D eigenvalue weighted by atomic mass is 9.60. The first-order chi connectivity index (χ1) is 9.21. The summed E-state index contributed by atoms with van der Waals surface area (Å²) in [4.78, 5) is 12.1. The predicted octanol–water partition coefficient (Wildman–Crippen LogP) is 4.06. The van der Waals surface area contributed by atoms with Crippen molar-refractivity contribution in [1.29, 1.82) is 0 Å². The number of rotatable bonds is 2. The van der Waals surface area contributed by atoms with Gasteiger partial charge in [-0.15, -0.1) is 0 Å². The zero-order valence-corrected chi connectivity index (χ0v) is 11.7. The molecule has 0 radical (unpaired) electrons. The Morgan fingerprint density at radius 1 is 1.16 bits per heavy atom. The average molecular weight is 258 g/mol. The average Bonchev–Trinajstić information content (AvgIpc) is 2.66. The Morgan fingerprint density at radius 3 is 2.53 bits per heavy atom. The summed E-state index contributed by atoms with van der Waals surface area (Å²) in [5, 5.41) is 0. The van der Waals surface area contributed by atoms with Gasteiger partial charge >= 0.3 is 0 Å². The van der Waals surface area contributed by atoms with Crippen LogP contribution in [0.4, 0.5) is 0 Å². The van der Waals surface area contributed by atoms with Crippen molar-refractivity contribution in [2.45, 2.75) is 58.0 Å². The standard InChI is InChI=1S/C17H22O2/c1-13-7-6-8-14(11-13)19-16-12-15(18)17(16)9-4-2-3-5-10-17/h6-8,11,16H,2-5,9-10,12H2,1H3. The predicted molar refractivity (Wildman–Crippen MR) is 75.4 cm³/mol. The van der Waals surface area contributed by atoms with Crippen LogP contribution in [0.1, 0.15) is 50.5 Å². The van der Waals surface area contributed by atoms with Gasteiger partial charge < -0.3 is 4.74 Å². The second-order valence-electron chi connectivity index (χ2n) is 6.12. The molecule has 1 aromatic carbocycles. The molecule has 1 atom stereocenters. The zero-order valence-electron chi connectivity index (χ0n) is 11.7. The first-order valence-corrected chi connectivity index (χ1v) is 7.47. The molecule has 2 aliphatic carbocycles. The number of hydrogen-bond acceptors (Lipinski definition) is 2. The van der Waals surface area contributed by atoms with E-state index in [9.17, 15) is 4.79 Å². The highest BCUT2D eigenvalue weighted by Gasteiger charge is 2.55. The molecule has 102 valence electrons. The Balaban J connectivity index is 1.76. The monoisotopic (exact) mass is 258 g/mol. The highest BCUT2D eigenvalue weighted by Crippen LogP contribution is 2.49. The summed E-state index contributed by atoms with van der Waals surface area (Å²) >= 11 is 0. The molecule has 0 heterocycles. The van der Waals surface area contributed by atoms with E-state index in [0.29, 0.717) is 12.2 Å². The van der Waals surface area contributed by atoms with Gasteiger partial charge in [0.05, 0.1) is 5.41 Å². The van der Waals surface area contributed by atoms with Crippen LogP contribution in [-0.4, -0.2) is 11.9 Å².